The predicted molar refractivity (Wildman–Crippen MR) is 75.5 cm³/mol. The Hall–Kier alpha value is -1.30. The second-order valence-electron chi connectivity index (χ2n) is 6.23. The zero-order valence-electron chi connectivity index (χ0n) is 12.6. The van der Waals surface area contributed by atoms with Crippen LogP contribution < -0.4 is 0 Å². The van der Waals surface area contributed by atoms with E-state index in [-0.39, 0.29) is 11.9 Å². The van der Waals surface area contributed by atoms with Gasteiger partial charge in [0.25, 0.3) is 0 Å². The van der Waals surface area contributed by atoms with E-state index in [0.717, 1.165) is 26.2 Å². The molecule has 0 aliphatic carbocycles. The molecule has 2 rings (SSSR count). The smallest absolute Gasteiger partial charge is 0.320 e. The van der Waals surface area contributed by atoms with Gasteiger partial charge in [0.1, 0.15) is 0 Å². The molecule has 114 valence electrons. The van der Waals surface area contributed by atoms with Gasteiger partial charge in [0.05, 0.1) is 5.92 Å². The summed E-state index contributed by atoms with van der Waals surface area (Å²) in [6.07, 6.45) is 0. The van der Waals surface area contributed by atoms with Crippen LogP contribution in [0.15, 0.2) is 0 Å². The molecule has 2 heterocycles. The van der Waals surface area contributed by atoms with Crippen LogP contribution in [0.3, 0.4) is 0 Å². The highest BCUT2D eigenvalue weighted by molar-refractivity contribution is 5.77. The molecule has 0 aromatic rings. The maximum absolute atomic E-state index is 12.4. The van der Waals surface area contributed by atoms with E-state index in [1.54, 1.807) is 4.90 Å². The number of carbonyl (C=O) groups excluding carboxylic acids is 1. The molecule has 2 aliphatic rings. The molecule has 0 radical (unpaired) electrons. The zero-order chi connectivity index (χ0) is 14.9. The number of likely N-dealkylation sites (tertiary alicyclic amines) is 1. The van der Waals surface area contributed by atoms with E-state index in [2.05, 4.69) is 18.7 Å². The van der Waals surface area contributed by atoms with Gasteiger partial charge in [-0.3, -0.25) is 9.69 Å². The molecule has 0 saturated carbocycles. The largest absolute Gasteiger partial charge is 0.481 e. The molecule has 1 N–H and O–H groups in total. The molecule has 2 atom stereocenters. The van der Waals surface area contributed by atoms with Gasteiger partial charge < -0.3 is 14.9 Å². The third-order valence-corrected chi connectivity index (χ3v) is 4.52. The molecule has 2 saturated heterocycles. The second-order valence-corrected chi connectivity index (χ2v) is 6.23. The minimum absolute atomic E-state index is 0.00371. The van der Waals surface area contributed by atoms with E-state index in [1.807, 2.05) is 11.8 Å². The highest BCUT2D eigenvalue weighted by Crippen LogP contribution is 2.24. The fourth-order valence-electron chi connectivity index (χ4n) is 3.07. The fraction of sp³-hybridized carbons (Fsp3) is 0.857. The Morgan fingerprint density at radius 2 is 1.65 bits per heavy atom. The van der Waals surface area contributed by atoms with Crippen molar-refractivity contribution in [2.45, 2.75) is 26.8 Å². The van der Waals surface area contributed by atoms with Crippen LogP contribution in [0, 0.1) is 11.8 Å². The maximum atomic E-state index is 12.4. The minimum Gasteiger partial charge on any atom is -0.481 e. The van der Waals surface area contributed by atoms with Crippen LogP contribution >= 0.6 is 0 Å². The first-order valence-electron chi connectivity index (χ1n) is 7.41. The summed E-state index contributed by atoms with van der Waals surface area (Å²) < 4.78 is 0. The number of hydrogen-bond acceptors (Lipinski definition) is 3. The normalized spacial score (nSPS) is 28.2. The van der Waals surface area contributed by atoms with Crippen LogP contribution in [0.25, 0.3) is 0 Å². The lowest BCUT2D eigenvalue weighted by Crippen LogP contribution is -2.53. The van der Waals surface area contributed by atoms with Crippen LogP contribution in [-0.4, -0.2) is 77.1 Å². The Kier molecular flexibility index (Phi) is 4.52. The summed E-state index contributed by atoms with van der Waals surface area (Å²) >= 11 is 0. The standard InChI is InChI=1S/C14H25N3O3/c1-10(2)15-4-6-16(7-5-15)14(20)17-8-11(3)12(9-17)13(18)19/h10-12H,4-9H2,1-3H3,(H,18,19)/t11-,12-/m1/s1. The number of nitrogens with zero attached hydrogens (tertiary/aromatic N) is 3. The maximum Gasteiger partial charge on any atom is 0.320 e. The Labute approximate surface area is 120 Å². The van der Waals surface area contributed by atoms with Crippen LogP contribution in [0.4, 0.5) is 4.79 Å². The van der Waals surface area contributed by atoms with Gasteiger partial charge >= 0.3 is 12.0 Å². The van der Waals surface area contributed by atoms with Crippen molar-refractivity contribution < 1.29 is 14.7 Å². The summed E-state index contributed by atoms with van der Waals surface area (Å²) in [5.74, 6) is -1.18. The second kappa shape index (κ2) is 5.99. The van der Waals surface area contributed by atoms with E-state index in [4.69, 9.17) is 5.11 Å². The summed E-state index contributed by atoms with van der Waals surface area (Å²) in [6, 6.07) is 0.513. The Bertz CT molecular complexity index is 378. The van der Waals surface area contributed by atoms with E-state index >= 15 is 0 Å². The van der Waals surface area contributed by atoms with Gasteiger partial charge in [0.2, 0.25) is 0 Å². The van der Waals surface area contributed by atoms with E-state index < -0.39 is 11.9 Å². The topological polar surface area (TPSA) is 64.1 Å². The molecular formula is C14H25N3O3. The van der Waals surface area contributed by atoms with Crippen molar-refractivity contribution in [2.75, 3.05) is 39.3 Å². The number of piperazine rings is 1. The van der Waals surface area contributed by atoms with Crippen LogP contribution in [-0.2, 0) is 4.79 Å². The average molecular weight is 283 g/mol. The van der Waals surface area contributed by atoms with Gasteiger partial charge in [0, 0.05) is 45.3 Å². The van der Waals surface area contributed by atoms with Crippen molar-refractivity contribution in [2.24, 2.45) is 11.8 Å². The Balaban J connectivity index is 1.89. The van der Waals surface area contributed by atoms with Gasteiger partial charge in [0.15, 0.2) is 0 Å². The quantitative estimate of drug-likeness (QED) is 0.813. The van der Waals surface area contributed by atoms with Crippen molar-refractivity contribution in [1.82, 2.24) is 14.7 Å². The third kappa shape index (κ3) is 3.06. The summed E-state index contributed by atoms with van der Waals surface area (Å²) in [4.78, 5) is 29.5. The van der Waals surface area contributed by atoms with Crippen LogP contribution in [0.5, 0.6) is 0 Å². The van der Waals surface area contributed by atoms with Gasteiger partial charge in [-0.1, -0.05) is 6.92 Å². The van der Waals surface area contributed by atoms with Gasteiger partial charge in [-0.25, -0.2) is 4.79 Å². The number of rotatable bonds is 2. The van der Waals surface area contributed by atoms with Gasteiger partial charge in [-0.2, -0.15) is 0 Å². The molecule has 0 aromatic heterocycles. The summed E-state index contributed by atoms with van der Waals surface area (Å²) in [7, 11) is 0. The summed E-state index contributed by atoms with van der Waals surface area (Å²) in [5, 5.41) is 9.13. The average Bonchev–Trinajstić information content (AvgIpc) is 2.80. The third-order valence-electron chi connectivity index (χ3n) is 4.52. The minimum atomic E-state index is -0.794. The first-order valence-corrected chi connectivity index (χ1v) is 7.41. The van der Waals surface area contributed by atoms with Gasteiger partial charge in [-0.15, -0.1) is 0 Å². The zero-order valence-corrected chi connectivity index (χ0v) is 12.6. The SMILES string of the molecule is CC(C)N1CCN(C(=O)N2C[C@@H](C)[C@H](C(=O)O)C2)CC1. The number of carboxylic acids is 1. The lowest BCUT2D eigenvalue weighted by molar-refractivity contribution is -0.142. The number of carboxylic acid groups (broad SMARTS) is 1. The Morgan fingerprint density at radius 3 is 2.10 bits per heavy atom. The highest BCUT2D eigenvalue weighted by Gasteiger charge is 2.38. The van der Waals surface area contributed by atoms with E-state index in [9.17, 15) is 9.59 Å². The lowest BCUT2D eigenvalue weighted by Gasteiger charge is -2.38. The summed E-state index contributed by atoms with van der Waals surface area (Å²) in [5.41, 5.74) is 0. The van der Waals surface area contributed by atoms with Crippen molar-refractivity contribution in [1.29, 1.82) is 0 Å². The van der Waals surface area contributed by atoms with Crippen molar-refractivity contribution in [3.05, 3.63) is 0 Å². The Morgan fingerprint density at radius 1 is 1.05 bits per heavy atom. The number of amides is 2. The number of urea groups is 1. The fourth-order valence-corrected chi connectivity index (χ4v) is 3.07. The van der Waals surface area contributed by atoms with Crippen molar-refractivity contribution in [3.63, 3.8) is 0 Å². The molecule has 2 amide bonds. The predicted octanol–water partition coefficient (Wildman–Crippen LogP) is 0.785. The van der Waals surface area contributed by atoms with E-state index in [1.165, 1.54) is 0 Å². The van der Waals surface area contributed by atoms with Crippen molar-refractivity contribution in [3.8, 4) is 0 Å². The molecule has 0 unspecified atom stereocenters. The first-order chi connectivity index (χ1) is 9.40. The molecule has 6 nitrogen and oxygen atoms in total. The van der Waals surface area contributed by atoms with Gasteiger partial charge in [-0.05, 0) is 19.8 Å². The molecular weight excluding hydrogens is 258 g/mol. The van der Waals surface area contributed by atoms with E-state index in [0.29, 0.717) is 19.1 Å². The number of carbonyl (C=O) groups is 2. The monoisotopic (exact) mass is 283 g/mol. The molecule has 20 heavy (non-hydrogen) atoms. The number of aliphatic carboxylic acids is 1. The first kappa shape index (κ1) is 15.1. The molecule has 0 spiro atoms. The van der Waals surface area contributed by atoms with Crippen LogP contribution in [0.1, 0.15) is 20.8 Å². The highest BCUT2D eigenvalue weighted by atomic mass is 16.4. The molecule has 0 bridgehead atoms. The molecule has 2 fully saturated rings. The lowest BCUT2D eigenvalue weighted by atomic mass is 9.99. The van der Waals surface area contributed by atoms with Crippen LogP contribution in [0.2, 0.25) is 0 Å². The van der Waals surface area contributed by atoms with Crippen molar-refractivity contribution >= 4 is 12.0 Å². The number of hydrogen-bond donors (Lipinski definition) is 1. The molecule has 6 heteroatoms. The summed E-state index contributed by atoms with van der Waals surface area (Å²) in [6.45, 7) is 10.4. The molecule has 0 aromatic carbocycles. The molecule has 2 aliphatic heterocycles.